The van der Waals surface area contributed by atoms with Gasteiger partial charge in [0.1, 0.15) is 0 Å². The predicted octanol–water partition coefficient (Wildman–Crippen LogP) is 0.529. The fourth-order valence-corrected chi connectivity index (χ4v) is 1.46. The third-order valence-corrected chi connectivity index (χ3v) is 2.37. The molecular formula is C9H19N3O. The fraction of sp³-hybridized carbons (Fsp3) is 0.889. The highest BCUT2D eigenvalue weighted by Gasteiger charge is 2.16. The van der Waals surface area contributed by atoms with E-state index in [1.165, 1.54) is 6.42 Å². The zero-order chi connectivity index (χ0) is 9.68. The number of piperidine rings is 1. The Morgan fingerprint density at radius 2 is 2.08 bits per heavy atom. The molecule has 4 nitrogen and oxygen atoms in total. The summed E-state index contributed by atoms with van der Waals surface area (Å²) in [4.78, 5) is 13.4. The Labute approximate surface area is 79.5 Å². The van der Waals surface area contributed by atoms with Crippen LogP contribution in [0.25, 0.3) is 0 Å². The van der Waals surface area contributed by atoms with Crippen molar-refractivity contribution in [2.45, 2.75) is 32.2 Å². The van der Waals surface area contributed by atoms with Crippen LogP contribution in [0.4, 0.5) is 4.79 Å². The lowest BCUT2D eigenvalue weighted by molar-refractivity contribution is 0.183. The number of carbonyl (C=O) groups is 1. The van der Waals surface area contributed by atoms with E-state index in [0.717, 1.165) is 25.9 Å². The van der Waals surface area contributed by atoms with Gasteiger partial charge >= 0.3 is 6.03 Å². The molecule has 1 fully saturated rings. The van der Waals surface area contributed by atoms with Gasteiger partial charge in [-0.2, -0.15) is 0 Å². The van der Waals surface area contributed by atoms with Gasteiger partial charge in [-0.1, -0.05) is 0 Å². The fourth-order valence-electron chi connectivity index (χ4n) is 1.46. The van der Waals surface area contributed by atoms with Gasteiger partial charge in [-0.05, 0) is 26.2 Å². The molecule has 3 N–H and O–H groups in total. The summed E-state index contributed by atoms with van der Waals surface area (Å²) in [6, 6.07) is 0.118. The summed E-state index contributed by atoms with van der Waals surface area (Å²) in [5, 5.41) is 2.86. The van der Waals surface area contributed by atoms with E-state index in [4.69, 9.17) is 5.73 Å². The van der Waals surface area contributed by atoms with Crippen molar-refractivity contribution in [2.24, 2.45) is 5.73 Å². The molecule has 0 radical (unpaired) electrons. The summed E-state index contributed by atoms with van der Waals surface area (Å²) < 4.78 is 0. The summed E-state index contributed by atoms with van der Waals surface area (Å²) in [5.41, 5.74) is 5.42. The van der Waals surface area contributed by atoms with Crippen LogP contribution in [0.2, 0.25) is 0 Å². The van der Waals surface area contributed by atoms with Gasteiger partial charge in [-0.3, -0.25) is 0 Å². The van der Waals surface area contributed by atoms with Crippen LogP contribution < -0.4 is 11.1 Å². The Kier molecular flexibility index (Phi) is 4.02. The molecule has 0 aromatic rings. The Morgan fingerprint density at radius 3 is 2.62 bits per heavy atom. The van der Waals surface area contributed by atoms with Gasteiger partial charge in [0.25, 0.3) is 0 Å². The van der Waals surface area contributed by atoms with Crippen molar-refractivity contribution in [3.05, 3.63) is 0 Å². The number of carbonyl (C=O) groups excluding carboxylic acids is 1. The minimum atomic E-state index is 0.0395. The summed E-state index contributed by atoms with van der Waals surface area (Å²) in [7, 11) is 0. The second-order valence-corrected chi connectivity index (χ2v) is 3.63. The topological polar surface area (TPSA) is 58.4 Å². The molecule has 1 saturated heterocycles. The summed E-state index contributed by atoms with van der Waals surface area (Å²) >= 11 is 0. The molecule has 13 heavy (non-hydrogen) atoms. The number of hydrogen-bond acceptors (Lipinski definition) is 2. The lowest BCUT2D eigenvalue weighted by Crippen LogP contribution is -2.47. The average molecular weight is 185 g/mol. The number of rotatable bonds is 2. The maximum atomic E-state index is 11.5. The van der Waals surface area contributed by atoms with E-state index in [2.05, 4.69) is 5.32 Å². The number of hydrogen-bond donors (Lipinski definition) is 2. The third-order valence-electron chi connectivity index (χ3n) is 2.37. The summed E-state index contributed by atoms with van der Waals surface area (Å²) in [6.45, 7) is 4.20. The Hall–Kier alpha value is -0.770. The van der Waals surface area contributed by atoms with Crippen molar-refractivity contribution in [2.75, 3.05) is 19.6 Å². The van der Waals surface area contributed by atoms with Gasteiger partial charge in [0.15, 0.2) is 0 Å². The molecular weight excluding hydrogens is 166 g/mol. The van der Waals surface area contributed by atoms with E-state index in [1.807, 2.05) is 11.8 Å². The molecule has 1 aliphatic rings. The first-order valence-electron chi connectivity index (χ1n) is 4.99. The lowest BCUT2D eigenvalue weighted by atomic mass is 10.1. The SMILES string of the molecule is CC(CN)NC(=O)N1CCCCC1. The van der Waals surface area contributed by atoms with Gasteiger partial charge in [-0.25, -0.2) is 4.79 Å². The van der Waals surface area contributed by atoms with Crippen LogP contribution in [-0.2, 0) is 0 Å². The number of nitrogens with one attached hydrogen (secondary N) is 1. The van der Waals surface area contributed by atoms with E-state index in [1.54, 1.807) is 0 Å². The molecule has 1 rings (SSSR count). The van der Waals surface area contributed by atoms with Crippen molar-refractivity contribution in [3.63, 3.8) is 0 Å². The van der Waals surface area contributed by atoms with Crippen LogP contribution in [0.5, 0.6) is 0 Å². The molecule has 1 heterocycles. The smallest absolute Gasteiger partial charge is 0.317 e. The first-order chi connectivity index (χ1) is 6.24. The molecule has 1 atom stereocenters. The zero-order valence-corrected chi connectivity index (χ0v) is 8.25. The quantitative estimate of drug-likeness (QED) is 0.659. The standard InChI is InChI=1S/C9H19N3O/c1-8(7-10)11-9(13)12-5-3-2-4-6-12/h8H,2-7,10H2,1H3,(H,11,13). The maximum absolute atomic E-state index is 11.5. The van der Waals surface area contributed by atoms with Crippen LogP contribution in [0.15, 0.2) is 0 Å². The zero-order valence-electron chi connectivity index (χ0n) is 8.25. The number of nitrogens with zero attached hydrogens (tertiary/aromatic N) is 1. The normalized spacial score (nSPS) is 19.7. The minimum absolute atomic E-state index is 0.0395. The van der Waals surface area contributed by atoms with Crippen LogP contribution in [0, 0.1) is 0 Å². The molecule has 76 valence electrons. The summed E-state index contributed by atoms with van der Waals surface area (Å²) in [5.74, 6) is 0. The second-order valence-electron chi connectivity index (χ2n) is 3.63. The molecule has 0 aliphatic carbocycles. The Morgan fingerprint density at radius 1 is 1.46 bits per heavy atom. The van der Waals surface area contributed by atoms with Crippen molar-refractivity contribution < 1.29 is 4.79 Å². The first kappa shape index (κ1) is 10.3. The van der Waals surface area contributed by atoms with Crippen molar-refractivity contribution in [3.8, 4) is 0 Å². The van der Waals surface area contributed by atoms with Gasteiger partial charge in [0.05, 0.1) is 0 Å². The predicted molar refractivity (Wildman–Crippen MR) is 52.5 cm³/mol. The number of nitrogens with two attached hydrogens (primary N) is 1. The molecule has 0 aromatic carbocycles. The number of urea groups is 1. The minimum Gasteiger partial charge on any atom is -0.334 e. The molecule has 4 heteroatoms. The second kappa shape index (κ2) is 5.07. The van der Waals surface area contributed by atoms with Gasteiger partial charge in [0, 0.05) is 25.7 Å². The van der Waals surface area contributed by atoms with E-state index in [0.29, 0.717) is 6.54 Å². The maximum Gasteiger partial charge on any atom is 0.317 e. The third kappa shape index (κ3) is 3.22. The van der Waals surface area contributed by atoms with Gasteiger partial charge < -0.3 is 16.0 Å². The van der Waals surface area contributed by atoms with E-state index >= 15 is 0 Å². The van der Waals surface area contributed by atoms with Crippen molar-refractivity contribution in [1.29, 1.82) is 0 Å². The monoisotopic (exact) mass is 185 g/mol. The van der Waals surface area contributed by atoms with Crippen LogP contribution in [0.3, 0.4) is 0 Å². The molecule has 1 unspecified atom stereocenters. The van der Waals surface area contributed by atoms with E-state index in [9.17, 15) is 4.79 Å². The molecule has 0 aromatic heterocycles. The van der Waals surface area contributed by atoms with E-state index < -0.39 is 0 Å². The van der Waals surface area contributed by atoms with Crippen molar-refractivity contribution >= 4 is 6.03 Å². The number of amides is 2. The van der Waals surface area contributed by atoms with Gasteiger partial charge in [-0.15, -0.1) is 0 Å². The molecule has 2 amide bonds. The number of likely N-dealkylation sites (tertiary alicyclic amines) is 1. The van der Waals surface area contributed by atoms with Crippen LogP contribution in [-0.4, -0.2) is 36.6 Å². The van der Waals surface area contributed by atoms with Crippen molar-refractivity contribution in [1.82, 2.24) is 10.2 Å². The Bertz CT molecular complexity index is 166. The average Bonchev–Trinajstić information content (AvgIpc) is 2.19. The summed E-state index contributed by atoms with van der Waals surface area (Å²) in [6.07, 6.45) is 3.51. The molecule has 0 saturated carbocycles. The van der Waals surface area contributed by atoms with E-state index in [-0.39, 0.29) is 12.1 Å². The lowest BCUT2D eigenvalue weighted by Gasteiger charge is -2.28. The van der Waals surface area contributed by atoms with Crippen LogP contribution in [0.1, 0.15) is 26.2 Å². The largest absolute Gasteiger partial charge is 0.334 e. The highest BCUT2D eigenvalue weighted by Crippen LogP contribution is 2.08. The molecule has 0 spiro atoms. The highest BCUT2D eigenvalue weighted by atomic mass is 16.2. The Balaban J connectivity index is 2.29. The molecule has 1 aliphatic heterocycles. The first-order valence-corrected chi connectivity index (χ1v) is 4.99. The molecule has 0 bridgehead atoms. The van der Waals surface area contributed by atoms with Crippen LogP contribution >= 0.6 is 0 Å². The van der Waals surface area contributed by atoms with Gasteiger partial charge in [0.2, 0.25) is 0 Å². The highest BCUT2D eigenvalue weighted by molar-refractivity contribution is 5.74.